The van der Waals surface area contributed by atoms with E-state index in [1.165, 1.54) is 38.5 Å². The molecule has 1 aromatic rings. The van der Waals surface area contributed by atoms with Gasteiger partial charge in [0.2, 0.25) is 5.91 Å². The van der Waals surface area contributed by atoms with Gasteiger partial charge in [0, 0.05) is 11.6 Å². The second kappa shape index (κ2) is 7.03. The lowest BCUT2D eigenvalue weighted by molar-refractivity contribution is -0.117. The van der Waals surface area contributed by atoms with E-state index in [4.69, 9.17) is 0 Å². The van der Waals surface area contributed by atoms with Gasteiger partial charge in [0.25, 0.3) is 0 Å². The molecule has 1 aliphatic heterocycles. The van der Waals surface area contributed by atoms with Crippen molar-refractivity contribution >= 4 is 17.3 Å². The Hall–Kier alpha value is -1.59. The van der Waals surface area contributed by atoms with E-state index in [1.807, 2.05) is 12.1 Å². The van der Waals surface area contributed by atoms with Crippen molar-refractivity contribution in [3.8, 4) is 0 Å². The quantitative estimate of drug-likeness (QED) is 0.624. The first-order valence-electron chi connectivity index (χ1n) is 11.2. The van der Waals surface area contributed by atoms with E-state index in [1.54, 1.807) is 0 Å². The highest BCUT2D eigenvalue weighted by Gasteiger charge is 2.51. The molecule has 5 nitrogen and oxygen atoms in total. The molecule has 5 fully saturated rings. The number of carbonyl (C=O) groups is 1. The van der Waals surface area contributed by atoms with E-state index in [-0.39, 0.29) is 17.5 Å². The molecule has 4 bridgehead atoms. The zero-order valence-electron chi connectivity index (χ0n) is 17.1. The standard InChI is InChI=1S/C23H34N4O/c1-14(2)20-10-21(27-26-20)22(28)24-18-5-3-4-6-19(18)25-23-11-15-7-16(12-23)9-17(8-15)13-23/h3-6,14-17,20-21,25-27H,7-13H2,1-2H3,(H,24,28). The van der Waals surface area contributed by atoms with Gasteiger partial charge in [-0.1, -0.05) is 26.0 Å². The summed E-state index contributed by atoms with van der Waals surface area (Å²) >= 11 is 0. The molecule has 6 rings (SSSR count). The molecule has 5 heteroatoms. The molecule has 1 saturated heterocycles. The fourth-order valence-corrected chi connectivity index (χ4v) is 6.66. The number of rotatable bonds is 5. The van der Waals surface area contributed by atoms with Gasteiger partial charge in [0.15, 0.2) is 0 Å². The van der Waals surface area contributed by atoms with Crippen molar-refractivity contribution in [3.63, 3.8) is 0 Å². The van der Waals surface area contributed by atoms with Crippen molar-refractivity contribution < 1.29 is 4.79 Å². The monoisotopic (exact) mass is 382 g/mol. The van der Waals surface area contributed by atoms with Crippen LogP contribution in [0.2, 0.25) is 0 Å². The van der Waals surface area contributed by atoms with E-state index < -0.39 is 0 Å². The van der Waals surface area contributed by atoms with E-state index in [0.29, 0.717) is 12.0 Å². The first-order chi connectivity index (χ1) is 13.5. The zero-order valence-corrected chi connectivity index (χ0v) is 17.1. The van der Waals surface area contributed by atoms with Crippen LogP contribution in [0.4, 0.5) is 11.4 Å². The minimum absolute atomic E-state index is 0.0513. The van der Waals surface area contributed by atoms with E-state index in [9.17, 15) is 4.79 Å². The van der Waals surface area contributed by atoms with E-state index in [0.717, 1.165) is 35.5 Å². The van der Waals surface area contributed by atoms with Crippen LogP contribution in [-0.2, 0) is 4.79 Å². The van der Waals surface area contributed by atoms with Crippen molar-refractivity contribution in [1.29, 1.82) is 0 Å². The molecule has 4 aliphatic carbocycles. The number of anilines is 2. The maximum atomic E-state index is 12.9. The number of nitrogens with one attached hydrogen (secondary N) is 4. The zero-order chi connectivity index (χ0) is 19.3. The Bertz CT molecular complexity index is 711. The van der Waals surface area contributed by atoms with Gasteiger partial charge in [-0.05, 0) is 80.8 Å². The minimum Gasteiger partial charge on any atom is -0.378 e. The van der Waals surface area contributed by atoms with E-state index in [2.05, 4.69) is 47.5 Å². The fraction of sp³-hybridized carbons (Fsp3) is 0.696. The lowest BCUT2D eigenvalue weighted by Crippen LogP contribution is -2.54. The van der Waals surface area contributed by atoms with Gasteiger partial charge in [-0.3, -0.25) is 10.2 Å². The Morgan fingerprint density at radius 3 is 2.14 bits per heavy atom. The molecule has 2 atom stereocenters. The van der Waals surface area contributed by atoms with Crippen LogP contribution in [-0.4, -0.2) is 23.5 Å². The Morgan fingerprint density at radius 1 is 0.964 bits per heavy atom. The lowest BCUT2D eigenvalue weighted by atomic mass is 9.53. The van der Waals surface area contributed by atoms with Crippen LogP contribution in [0.15, 0.2) is 24.3 Å². The topological polar surface area (TPSA) is 65.2 Å². The Balaban J connectivity index is 1.29. The smallest absolute Gasteiger partial charge is 0.242 e. The molecule has 4 saturated carbocycles. The van der Waals surface area contributed by atoms with Crippen LogP contribution in [0.3, 0.4) is 0 Å². The number of carbonyl (C=O) groups excluding carboxylic acids is 1. The van der Waals surface area contributed by atoms with Crippen molar-refractivity contribution in [2.75, 3.05) is 10.6 Å². The van der Waals surface area contributed by atoms with Crippen molar-refractivity contribution in [2.24, 2.45) is 23.7 Å². The van der Waals surface area contributed by atoms with Gasteiger partial charge in [-0.2, -0.15) is 0 Å². The molecule has 28 heavy (non-hydrogen) atoms. The Kier molecular flexibility index (Phi) is 4.63. The summed E-state index contributed by atoms with van der Waals surface area (Å²) in [6.07, 6.45) is 9.04. The molecule has 1 heterocycles. The summed E-state index contributed by atoms with van der Waals surface area (Å²) in [5, 5.41) is 7.12. The molecule has 0 radical (unpaired) electrons. The number of benzene rings is 1. The van der Waals surface area contributed by atoms with Gasteiger partial charge in [-0.25, -0.2) is 5.43 Å². The molecule has 0 spiro atoms. The molecule has 4 N–H and O–H groups in total. The average molecular weight is 383 g/mol. The number of hydrogen-bond acceptors (Lipinski definition) is 4. The third-order valence-corrected chi connectivity index (χ3v) is 7.68. The Labute approximate surface area is 168 Å². The largest absolute Gasteiger partial charge is 0.378 e. The average Bonchev–Trinajstić information content (AvgIpc) is 3.12. The summed E-state index contributed by atoms with van der Waals surface area (Å²) < 4.78 is 0. The van der Waals surface area contributed by atoms with Gasteiger partial charge < -0.3 is 10.6 Å². The number of hydrazine groups is 1. The second-order valence-electron chi connectivity index (χ2n) is 10.3. The number of para-hydroxylation sites is 2. The second-order valence-corrected chi connectivity index (χ2v) is 10.3. The molecule has 0 aromatic heterocycles. The van der Waals surface area contributed by atoms with Crippen LogP contribution < -0.4 is 21.5 Å². The number of hydrogen-bond donors (Lipinski definition) is 4. The molecule has 1 amide bonds. The summed E-state index contributed by atoms with van der Waals surface area (Å²) in [4.78, 5) is 12.9. The predicted octanol–water partition coefficient (Wildman–Crippen LogP) is 3.90. The fourth-order valence-electron chi connectivity index (χ4n) is 6.66. The third-order valence-electron chi connectivity index (χ3n) is 7.68. The Morgan fingerprint density at radius 2 is 1.57 bits per heavy atom. The SMILES string of the molecule is CC(C)C1CC(C(=O)Nc2ccccc2NC23CC4CC(CC(C4)C2)C3)NN1. The highest BCUT2D eigenvalue weighted by Crippen LogP contribution is 2.56. The first-order valence-corrected chi connectivity index (χ1v) is 11.2. The molecule has 2 unspecified atom stereocenters. The van der Waals surface area contributed by atoms with Gasteiger partial charge in [0.1, 0.15) is 6.04 Å². The van der Waals surface area contributed by atoms with Crippen LogP contribution in [0.25, 0.3) is 0 Å². The van der Waals surface area contributed by atoms with Crippen LogP contribution in [0.1, 0.15) is 58.8 Å². The van der Waals surface area contributed by atoms with E-state index >= 15 is 0 Å². The highest BCUT2D eigenvalue weighted by atomic mass is 16.2. The summed E-state index contributed by atoms with van der Waals surface area (Å²) in [7, 11) is 0. The molecule has 152 valence electrons. The van der Waals surface area contributed by atoms with Gasteiger partial charge in [-0.15, -0.1) is 0 Å². The number of amides is 1. The molecule has 1 aromatic carbocycles. The maximum absolute atomic E-state index is 12.9. The highest BCUT2D eigenvalue weighted by molar-refractivity contribution is 5.97. The normalized spacial score (nSPS) is 38.8. The predicted molar refractivity (Wildman–Crippen MR) is 113 cm³/mol. The summed E-state index contributed by atoms with van der Waals surface area (Å²) in [5.74, 6) is 3.28. The summed E-state index contributed by atoms with van der Waals surface area (Å²) in [6, 6.07) is 8.41. The van der Waals surface area contributed by atoms with Crippen molar-refractivity contribution in [3.05, 3.63) is 24.3 Å². The van der Waals surface area contributed by atoms with Crippen LogP contribution in [0, 0.1) is 23.7 Å². The summed E-state index contributed by atoms with van der Waals surface area (Å²) in [6.45, 7) is 4.37. The molecule has 5 aliphatic rings. The van der Waals surface area contributed by atoms with Gasteiger partial charge >= 0.3 is 0 Å². The third kappa shape index (κ3) is 3.43. The van der Waals surface area contributed by atoms with Crippen LogP contribution >= 0.6 is 0 Å². The van der Waals surface area contributed by atoms with Crippen molar-refractivity contribution in [1.82, 2.24) is 10.9 Å². The first kappa shape index (κ1) is 18.4. The summed E-state index contributed by atoms with van der Waals surface area (Å²) in [5.41, 5.74) is 8.68. The van der Waals surface area contributed by atoms with Crippen molar-refractivity contribution in [2.45, 2.75) is 76.4 Å². The lowest BCUT2D eigenvalue weighted by Gasteiger charge is -2.57. The minimum atomic E-state index is -0.181. The maximum Gasteiger partial charge on any atom is 0.242 e. The molecular formula is C23H34N4O. The van der Waals surface area contributed by atoms with Crippen LogP contribution in [0.5, 0.6) is 0 Å². The van der Waals surface area contributed by atoms with Gasteiger partial charge in [0.05, 0.1) is 11.4 Å². The molecular weight excluding hydrogens is 348 g/mol.